The highest BCUT2D eigenvalue weighted by molar-refractivity contribution is 5.85. The zero-order chi connectivity index (χ0) is 27.5. The zero-order valence-electron chi connectivity index (χ0n) is 24.2. The lowest BCUT2D eigenvalue weighted by Gasteiger charge is -2.23. The first-order valence-corrected chi connectivity index (χ1v) is 14.1. The van der Waals surface area contributed by atoms with Gasteiger partial charge in [0.1, 0.15) is 17.2 Å². The molecule has 36 heavy (non-hydrogen) atoms. The number of nitrogens with one attached hydrogen (secondary N) is 3. The van der Waals surface area contributed by atoms with Crippen molar-refractivity contribution >= 4 is 18.1 Å². The summed E-state index contributed by atoms with van der Waals surface area (Å²) < 4.78 is 10.6. The molecular weight excluding hydrogens is 458 g/mol. The van der Waals surface area contributed by atoms with Gasteiger partial charge in [0.2, 0.25) is 5.91 Å². The molecule has 0 fully saturated rings. The van der Waals surface area contributed by atoms with Crippen LogP contribution in [0.25, 0.3) is 0 Å². The Morgan fingerprint density at radius 1 is 0.611 bits per heavy atom. The van der Waals surface area contributed by atoms with Crippen LogP contribution in [0.15, 0.2) is 0 Å². The van der Waals surface area contributed by atoms with E-state index in [1.165, 1.54) is 51.4 Å². The van der Waals surface area contributed by atoms with E-state index in [1.54, 1.807) is 20.8 Å². The number of amides is 3. The quantitative estimate of drug-likeness (QED) is 0.179. The molecule has 0 saturated heterocycles. The predicted octanol–water partition coefficient (Wildman–Crippen LogP) is 6.61. The lowest BCUT2D eigenvalue weighted by Crippen LogP contribution is -2.48. The molecule has 0 aliphatic heterocycles. The van der Waals surface area contributed by atoms with Gasteiger partial charge in [-0.05, 0) is 67.2 Å². The Morgan fingerprint density at radius 2 is 1.06 bits per heavy atom. The Kier molecular flexibility index (Phi) is 18.1. The Balaban J connectivity index is 4.33. The van der Waals surface area contributed by atoms with Crippen molar-refractivity contribution in [3.05, 3.63) is 0 Å². The van der Waals surface area contributed by atoms with Gasteiger partial charge in [-0.25, -0.2) is 9.59 Å². The molecule has 0 aromatic rings. The van der Waals surface area contributed by atoms with Gasteiger partial charge in [-0.3, -0.25) is 4.79 Å². The molecule has 0 heterocycles. The summed E-state index contributed by atoms with van der Waals surface area (Å²) in [5.74, 6) is -0.197. The molecule has 0 saturated carbocycles. The normalized spacial score (nSPS) is 12.5. The summed E-state index contributed by atoms with van der Waals surface area (Å²) in [6.45, 7) is 14.1. The molecule has 0 unspecified atom stereocenters. The minimum Gasteiger partial charge on any atom is -0.444 e. The third kappa shape index (κ3) is 22.5. The van der Waals surface area contributed by atoms with Crippen molar-refractivity contribution in [3.8, 4) is 0 Å². The Morgan fingerprint density at radius 3 is 1.58 bits per heavy atom. The van der Waals surface area contributed by atoms with E-state index < -0.39 is 29.4 Å². The number of hydrogen-bond acceptors (Lipinski definition) is 5. The van der Waals surface area contributed by atoms with E-state index in [1.807, 2.05) is 20.8 Å². The maximum Gasteiger partial charge on any atom is 0.408 e. The van der Waals surface area contributed by atoms with E-state index in [9.17, 15) is 14.4 Å². The molecule has 1 atom stereocenters. The van der Waals surface area contributed by atoms with Crippen LogP contribution < -0.4 is 16.0 Å². The van der Waals surface area contributed by atoms with E-state index in [-0.39, 0.29) is 5.91 Å². The highest BCUT2D eigenvalue weighted by Gasteiger charge is 2.24. The number of hydrogen-bond donors (Lipinski definition) is 3. The van der Waals surface area contributed by atoms with Crippen LogP contribution in [-0.2, 0) is 14.3 Å². The summed E-state index contributed by atoms with van der Waals surface area (Å²) in [7, 11) is 0. The molecule has 3 amide bonds. The van der Waals surface area contributed by atoms with Gasteiger partial charge in [0.15, 0.2) is 0 Å². The van der Waals surface area contributed by atoms with Crippen LogP contribution in [0.3, 0.4) is 0 Å². The van der Waals surface area contributed by atoms with Crippen LogP contribution in [0.5, 0.6) is 0 Å². The van der Waals surface area contributed by atoms with Gasteiger partial charge >= 0.3 is 12.2 Å². The van der Waals surface area contributed by atoms with Crippen molar-refractivity contribution in [3.63, 3.8) is 0 Å². The minimum atomic E-state index is -0.676. The Bertz CT molecular complexity index is 611. The second kappa shape index (κ2) is 19.2. The third-order valence-electron chi connectivity index (χ3n) is 5.42. The molecule has 0 aromatic heterocycles. The standard InChI is InChI=1S/C28H55N3O5/c1-8-9-10-11-12-13-14-15-16-18-21-29-24(32)23(31-26(34)36-28(5,6)7)20-17-19-22-30-25(33)35-27(2,3)4/h23H,8-22H2,1-7H3,(H,29,32)(H,30,33)(H,31,34)/t23-/m1/s1. The van der Waals surface area contributed by atoms with E-state index >= 15 is 0 Å². The smallest absolute Gasteiger partial charge is 0.408 e. The molecule has 212 valence electrons. The first-order valence-electron chi connectivity index (χ1n) is 14.1. The summed E-state index contributed by atoms with van der Waals surface area (Å²) >= 11 is 0. The van der Waals surface area contributed by atoms with Gasteiger partial charge in [0, 0.05) is 13.1 Å². The Labute approximate surface area is 220 Å². The first-order chi connectivity index (χ1) is 16.8. The number of unbranched alkanes of at least 4 members (excludes halogenated alkanes) is 10. The number of ether oxygens (including phenoxy) is 2. The Hall–Kier alpha value is -1.99. The summed E-state index contributed by atoms with van der Waals surface area (Å²) in [6.07, 6.45) is 13.1. The van der Waals surface area contributed by atoms with Gasteiger partial charge in [0.05, 0.1) is 0 Å². The number of alkyl carbamates (subject to hydrolysis) is 2. The van der Waals surface area contributed by atoms with Crippen molar-refractivity contribution in [2.75, 3.05) is 13.1 Å². The molecule has 8 heteroatoms. The van der Waals surface area contributed by atoms with Crippen molar-refractivity contribution in [2.45, 2.75) is 149 Å². The predicted molar refractivity (Wildman–Crippen MR) is 146 cm³/mol. The van der Waals surface area contributed by atoms with Crippen LogP contribution in [-0.4, -0.2) is 48.4 Å². The van der Waals surface area contributed by atoms with Crippen molar-refractivity contribution < 1.29 is 23.9 Å². The highest BCUT2D eigenvalue weighted by atomic mass is 16.6. The molecule has 8 nitrogen and oxygen atoms in total. The van der Waals surface area contributed by atoms with E-state index in [0.717, 1.165) is 12.8 Å². The molecule has 0 aromatic carbocycles. The summed E-state index contributed by atoms with van der Waals surface area (Å²) in [5.41, 5.74) is -1.18. The van der Waals surface area contributed by atoms with Crippen LogP contribution >= 0.6 is 0 Å². The molecule has 0 radical (unpaired) electrons. The monoisotopic (exact) mass is 513 g/mol. The average molecular weight is 514 g/mol. The summed E-state index contributed by atoms with van der Waals surface area (Å²) in [6, 6.07) is -0.676. The average Bonchev–Trinajstić information content (AvgIpc) is 2.73. The third-order valence-corrected chi connectivity index (χ3v) is 5.42. The lowest BCUT2D eigenvalue weighted by atomic mass is 10.1. The summed E-state index contributed by atoms with van der Waals surface area (Å²) in [5, 5.41) is 8.39. The first kappa shape index (κ1) is 34.0. The van der Waals surface area contributed by atoms with Crippen LogP contribution in [0.1, 0.15) is 132 Å². The largest absolute Gasteiger partial charge is 0.444 e. The lowest BCUT2D eigenvalue weighted by molar-refractivity contribution is -0.123. The van der Waals surface area contributed by atoms with Crippen LogP contribution in [0, 0.1) is 0 Å². The van der Waals surface area contributed by atoms with E-state index in [0.29, 0.717) is 32.4 Å². The number of rotatable bonds is 18. The van der Waals surface area contributed by atoms with Gasteiger partial charge in [-0.2, -0.15) is 0 Å². The zero-order valence-corrected chi connectivity index (χ0v) is 24.2. The maximum absolute atomic E-state index is 12.8. The molecular formula is C28H55N3O5. The van der Waals surface area contributed by atoms with E-state index in [2.05, 4.69) is 22.9 Å². The minimum absolute atomic E-state index is 0.197. The molecule has 3 N–H and O–H groups in total. The molecule has 0 aliphatic carbocycles. The van der Waals surface area contributed by atoms with E-state index in [4.69, 9.17) is 9.47 Å². The fraction of sp³-hybridized carbons (Fsp3) is 0.893. The maximum atomic E-state index is 12.8. The molecule has 0 rings (SSSR count). The van der Waals surface area contributed by atoms with Gasteiger partial charge < -0.3 is 25.4 Å². The molecule has 0 bridgehead atoms. The fourth-order valence-corrected chi connectivity index (χ4v) is 3.64. The fourth-order valence-electron chi connectivity index (χ4n) is 3.64. The SMILES string of the molecule is CCCCCCCCCCCCNC(=O)[C@@H](CCCCNC(=O)OC(C)(C)C)NC(=O)OC(C)(C)C. The summed E-state index contributed by atoms with van der Waals surface area (Å²) in [4.78, 5) is 36.8. The van der Waals surface area contributed by atoms with Gasteiger partial charge in [0.25, 0.3) is 0 Å². The number of carbonyl (C=O) groups is 3. The van der Waals surface area contributed by atoms with Gasteiger partial charge in [-0.1, -0.05) is 64.7 Å². The van der Waals surface area contributed by atoms with Crippen molar-refractivity contribution in [2.24, 2.45) is 0 Å². The topological polar surface area (TPSA) is 106 Å². The molecule has 0 aliphatic rings. The highest BCUT2D eigenvalue weighted by Crippen LogP contribution is 2.11. The van der Waals surface area contributed by atoms with Crippen LogP contribution in [0.2, 0.25) is 0 Å². The second-order valence-electron chi connectivity index (χ2n) is 11.6. The van der Waals surface area contributed by atoms with Gasteiger partial charge in [-0.15, -0.1) is 0 Å². The second-order valence-corrected chi connectivity index (χ2v) is 11.6. The number of carbonyl (C=O) groups excluding carboxylic acids is 3. The molecule has 0 spiro atoms. The van der Waals surface area contributed by atoms with Crippen molar-refractivity contribution in [1.82, 2.24) is 16.0 Å². The van der Waals surface area contributed by atoms with Crippen LogP contribution in [0.4, 0.5) is 9.59 Å². The van der Waals surface area contributed by atoms with Crippen molar-refractivity contribution in [1.29, 1.82) is 0 Å².